The molecule has 90 heavy (non-hydrogen) atoms. The number of phenols is 6. The first-order valence-corrected chi connectivity index (χ1v) is 33.7. The summed E-state index contributed by atoms with van der Waals surface area (Å²) in [5.41, 5.74) is 14.1. The van der Waals surface area contributed by atoms with Gasteiger partial charge in [0.1, 0.15) is 52.6 Å². The molecular weight excluding hydrogens is 1200 g/mol. The molecule has 6 N–H and O–H groups in total. The second-order valence-corrected chi connectivity index (χ2v) is 27.7. The van der Waals surface area contributed by atoms with Crippen LogP contribution in [0.5, 0.6) is 34.5 Å². The third kappa shape index (κ3) is 15.0. The van der Waals surface area contributed by atoms with E-state index in [0.29, 0.717) is 84.0 Å². The topological polar surface area (TPSA) is 210 Å². The van der Waals surface area contributed by atoms with Gasteiger partial charge in [0.25, 0.3) is 0 Å². The number of carbonyl (C=O) groups excluding carboxylic acids is 3. The number of benzene rings is 7. The lowest BCUT2D eigenvalue weighted by Gasteiger charge is -2.32. The number of methoxy groups -OCH3 is 3. The van der Waals surface area contributed by atoms with Crippen molar-refractivity contribution in [1.29, 1.82) is 0 Å². The summed E-state index contributed by atoms with van der Waals surface area (Å²) in [6.07, 6.45) is 0.336. The minimum absolute atomic E-state index is 0.0248. The number of carbonyl (C=O) groups is 3. The van der Waals surface area contributed by atoms with Gasteiger partial charge in [-0.3, -0.25) is 29.1 Å². The molecule has 3 aliphatic heterocycles. The molecule has 0 aromatic heterocycles. The van der Waals surface area contributed by atoms with Crippen LogP contribution in [0, 0.1) is 41.5 Å². The Morgan fingerprint density at radius 3 is 0.678 bits per heavy atom. The van der Waals surface area contributed by atoms with E-state index in [4.69, 9.17) is 14.2 Å². The van der Waals surface area contributed by atoms with Gasteiger partial charge in [0.05, 0.1) is 21.3 Å². The molecule has 3 heterocycles. The van der Waals surface area contributed by atoms with Crippen molar-refractivity contribution in [1.82, 2.24) is 14.7 Å². The molecule has 18 heteroatoms. The third-order valence-electron chi connectivity index (χ3n) is 17.3. The Balaban J connectivity index is 1.26. The van der Waals surface area contributed by atoms with Crippen molar-refractivity contribution in [3.05, 3.63) is 208 Å². The Labute approximate surface area is 540 Å². The molecule has 7 aromatic rings. The van der Waals surface area contributed by atoms with Crippen LogP contribution < -0.4 is 0 Å². The molecule has 7 aromatic carbocycles. The van der Waals surface area contributed by atoms with Gasteiger partial charge < -0.3 is 44.8 Å². The average Bonchev–Trinajstić information content (AvgIpc) is 0.901. The number of thioether (sulfide) groups is 3. The summed E-state index contributed by atoms with van der Waals surface area (Å²) in [6.45, 7) is 11.9. The Hall–Kier alpha value is -7.32. The van der Waals surface area contributed by atoms with Crippen molar-refractivity contribution in [2.45, 2.75) is 135 Å². The lowest BCUT2D eigenvalue weighted by atomic mass is 9.93. The Bertz CT molecular complexity index is 3310. The number of hydrogen-bond acceptors (Lipinski definition) is 18. The molecule has 0 fully saturated rings. The number of aromatic hydroxyl groups is 6. The first-order chi connectivity index (χ1) is 43.1. The van der Waals surface area contributed by atoms with Crippen LogP contribution in [0.25, 0.3) is 0 Å². The standard InChI is InChI=1S/C72H81N3O12S3/c1-40-10-49-25-50-11-41(2)17-57(65(50)77)30-74-31-58-19-44(5)14-53(68(58)80)27-54-15-45(6)21-60(69(54)81)33-75-32-59-20-43(4)13-52(67(59)79)26-51-12-42(3)18-56(66(51)78)29-73(28-55(16-40)64(49)76)61(70(82)85-7)37-88-34-46-22-47(35-89-38-62(74)71(83)86-8)24-48(23-46)36-90-39-63(75)72(84)87-9/h10-24,61-63,76-81H,25-39H2,1-9H3/t61-,62-,63+/m1/s1. The van der Waals surface area contributed by atoms with Crippen molar-refractivity contribution < 1.29 is 59.2 Å². The van der Waals surface area contributed by atoms with Crippen LogP contribution in [-0.4, -0.2) is 120 Å². The highest BCUT2D eigenvalue weighted by molar-refractivity contribution is 7.99. The lowest BCUT2D eigenvalue weighted by Crippen LogP contribution is -2.43. The average molecular weight is 1280 g/mol. The van der Waals surface area contributed by atoms with Crippen molar-refractivity contribution in [2.75, 3.05) is 38.6 Å². The summed E-state index contributed by atoms with van der Waals surface area (Å²) in [6, 6.07) is 26.4. The highest BCUT2D eigenvalue weighted by atomic mass is 32.2. The van der Waals surface area contributed by atoms with Crippen molar-refractivity contribution in [3.63, 3.8) is 0 Å². The zero-order valence-corrected chi connectivity index (χ0v) is 55.1. The molecule has 0 radical (unpaired) electrons. The number of fused-ring (bicyclic) bond motifs is 24. The van der Waals surface area contributed by atoms with E-state index in [1.165, 1.54) is 21.3 Å². The quantitative estimate of drug-likeness (QED) is 0.0718. The normalized spacial score (nSPS) is 20.1. The van der Waals surface area contributed by atoms with Crippen LogP contribution in [0.1, 0.15) is 117 Å². The smallest absolute Gasteiger partial charge is 0.323 e. The zero-order chi connectivity index (χ0) is 64.2. The molecular formula is C72H81N3O12S3. The van der Waals surface area contributed by atoms with E-state index in [-0.39, 0.29) is 110 Å². The second-order valence-electron chi connectivity index (χ2n) is 24.7. The van der Waals surface area contributed by atoms with Gasteiger partial charge in [-0.15, -0.1) is 0 Å². The fourth-order valence-electron chi connectivity index (χ4n) is 13.2. The molecule has 2 unspecified atom stereocenters. The van der Waals surface area contributed by atoms with Crippen LogP contribution in [0.4, 0.5) is 0 Å². The molecule has 18 bridgehead atoms. The maximum atomic E-state index is 14.5. The van der Waals surface area contributed by atoms with E-state index in [0.717, 1.165) is 50.1 Å². The van der Waals surface area contributed by atoms with Gasteiger partial charge in [-0.05, 0) is 91.6 Å². The summed E-state index contributed by atoms with van der Waals surface area (Å²) in [4.78, 5) is 49.2. The van der Waals surface area contributed by atoms with E-state index >= 15 is 0 Å². The van der Waals surface area contributed by atoms with E-state index in [1.54, 1.807) is 35.3 Å². The first kappa shape index (κ1) is 65.6. The van der Waals surface area contributed by atoms with Crippen LogP contribution in [-0.2, 0) is 104 Å². The highest BCUT2D eigenvalue weighted by Gasteiger charge is 2.34. The van der Waals surface area contributed by atoms with Gasteiger partial charge >= 0.3 is 17.9 Å². The molecule has 0 saturated heterocycles. The molecule has 5 atom stereocenters. The van der Waals surface area contributed by atoms with Gasteiger partial charge in [-0.2, -0.15) is 35.3 Å². The number of esters is 3. The van der Waals surface area contributed by atoms with Gasteiger partial charge in [0, 0.05) is 126 Å². The van der Waals surface area contributed by atoms with Crippen molar-refractivity contribution >= 4 is 53.2 Å². The Kier molecular flexibility index (Phi) is 20.8. The number of phenolic OH excluding ortho intramolecular Hbond substituents is 6. The number of aryl methyl sites for hydroxylation is 6. The minimum atomic E-state index is -0.894. The number of nitrogens with zero attached hydrogens (tertiary/aromatic N) is 3. The predicted octanol–water partition coefficient (Wildman–Crippen LogP) is 11.9. The minimum Gasteiger partial charge on any atom is -0.507 e. The molecule has 0 spiro atoms. The van der Waals surface area contributed by atoms with E-state index in [1.807, 2.05) is 129 Å². The van der Waals surface area contributed by atoms with Gasteiger partial charge in [-0.25, -0.2) is 0 Å². The molecule has 0 saturated carbocycles. The monoisotopic (exact) mass is 1280 g/mol. The molecule has 0 aliphatic carbocycles. The number of hydrogen-bond donors (Lipinski definition) is 6. The second kappa shape index (κ2) is 28.5. The fourth-order valence-corrected chi connectivity index (χ4v) is 16.5. The van der Waals surface area contributed by atoms with E-state index in [9.17, 15) is 45.0 Å². The van der Waals surface area contributed by atoms with Crippen molar-refractivity contribution in [3.8, 4) is 34.5 Å². The largest absolute Gasteiger partial charge is 0.507 e. The third-order valence-corrected chi connectivity index (χ3v) is 20.6. The molecule has 3 aliphatic rings. The Morgan fingerprint density at radius 1 is 0.322 bits per heavy atom. The maximum absolute atomic E-state index is 14.5. The van der Waals surface area contributed by atoms with Gasteiger partial charge in [-0.1, -0.05) is 124 Å². The molecule has 0 amide bonds. The first-order valence-electron chi connectivity index (χ1n) is 30.2. The van der Waals surface area contributed by atoms with Gasteiger partial charge in [0.15, 0.2) is 0 Å². The van der Waals surface area contributed by atoms with Gasteiger partial charge in [0.2, 0.25) is 0 Å². The predicted molar refractivity (Wildman–Crippen MR) is 356 cm³/mol. The van der Waals surface area contributed by atoms with Crippen LogP contribution in [0.3, 0.4) is 0 Å². The summed E-state index contributed by atoms with van der Waals surface area (Å²) in [7, 11) is 4.08. The highest BCUT2D eigenvalue weighted by Crippen LogP contribution is 2.41. The summed E-state index contributed by atoms with van der Waals surface area (Å²) < 4.78 is 16.8. The number of rotatable bonds is 3. The van der Waals surface area contributed by atoms with Crippen LogP contribution >= 0.6 is 35.3 Å². The van der Waals surface area contributed by atoms with Crippen LogP contribution in [0.15, 0.2) is 91.0 Å². The van der Waals surface area contributed by atoms with E-state index < -0.39 is 36.0 Å². The zero-order valence-electron chi connectivity index (χ0n) is 52.7. The Morgan fingerprint density at radius 2 is 0.500 bits per heavy atom. The molecule has 474 valence electrons. The SMILES string of the molecule is COC(=O)[C@H]1CSCc2cc3cc(c2)CSC[C@@H](C(=O)OC)N2Cc4cc(C)cc(c4O)Cc4cc(C)cc(c4O)CN1Cc1cc(C)cc(c1O)Cc1cc(C)cc(c1O)CN(Cc1cc(C)cc(c1O)Cc1cc(C)cc(c1O)C2)[C@@H](C(=O)OC)CSC3. The lowest BCUT2D eigenvalue weighted by molar-refractivity contribution is -0.147. The summed E-state index contributed by atoms with van der Waals surface area (Å²) in [5.74, 6) is 0.508. The van der Waals surface area contributed by atoms with Crippen molar-refractivity contribution in [2.24, 2.45) is 0 Å². The van der Waals surface area contributed by atoms with E-state index in [2.05, 4.69) is 18.2 Å². The van der Waals surface area contributed by atoms with Crippen LogP contribution in [0.2, 0.25) is 0 Å². The maximum Gasteiger partial charge on any atom is 0.323 e. The fraction of sp³-hybridized carbons (Fsp3) is 0.375. The summed E-state index contributed by atoms with van der Waals surface area (Å²) in [5, 5.41) is 75.5. The summed E-state index contributed by atoms with van der Waals surface area (Å²) >= 11 is 4.64. The number of ether oxygens (including phenoxy) is 3. The molecule has 10 rings (SSSR count). The molecule has 15 nitrogen and oxygen atoms in total.